The molecular weight excluding hydrogens is 150 g/mol. The van der Waals surface area contributed by atoms with Gasteiger partial charge in [0.1, 0.15) is 0 Å². The summed E-state index contributed by atoms with van der Waals surface area (Å²) in [6.45, 7) is 4.80. The largest absolute Gasteiger partial charge is 0.401 e. The Kier molecular flexibility index (Phi) is 6.81. The maximum absolute atomic E-state index is 5.59. The smallest absolute Gasteiger partial charge is 0.0458 e. The van der Waals surface area contributed by atoms with E-state index in [1.54, 1.807) is 0 Å². The van der Waals surface area contributed by atoms with Crippen molar-refractivity contribution in [1.82, 2.24) is 10.6 Å². The van der Waals surface area contributed by atoms with Crippen LogP contribution in [0.4, 0.5) is 0 Å². The summed E-state index contributed by atoms with van der Waals surface area (Å²) in [4.78, 5) is 0. The van der Waals surface area contributed by atoms with Gasteiger partial charge in [0.15, 0.2) is 0 Å². The molecule has 0 aliphatic heterocycles. The van der Waals surface area contributed by atoms with E-state index >= 15 is 0 Å². The van der Waals surface area contributed by atoms with Crippen LogP contribution in [0.5, 0.6) is 0 Å². The molecule has 0 amide bonds. The molecule has 0 saturated carbocycles. The van der Waals surface area contributed by atoms with Crippen LogP contribution in [0.15, 0.2) is 12.3 Å². The van der Waals surface area contributed by atoms with Crippen LogP contribution in [-0.4, -0.2) is 26.7 Å². The first kappa shape index (κ1) is 11.5. The normalized spacial score (nSPS) is 12.8. The zero-order chi connectivity index (χ0) is 9.40. The lowest BCUT2D eigenvalue weighted by molar-refractivity contribution is 0.537. The van der Waals surface area contributed by atoms with Gasteiger partial charge in [0.25, 0.3) is 0 Å². The molecule has 0 aliphatic carbocycles. The zero-order valence-electron chi connectivity index (χ0n) is 8.19. The number of unbranched alkanes of at least 4 members (excludes halogenated alkanes) is 1. The third kappa shape index (κ3) is 5.16. The maximum atomic E-state index is 5.59. The van der Waals surface area contributed by atoms with Gasteiger partial charge in [-0.15, -0.1) is 0 Å². The number of nitrogens with one attached hydrogen (secondary N) is 2. The molecule has 0 aliphatic rings. The monoisotopic (exact) mass is 171 g/mol. The van der Waals surface area contributed by atoms with Crippen molar-refractivity contribution in [2.75, 3.05) is 20.6 Å². The average Bonchev–Trinajstić information content (AvgIpc) is 2.04. The minimum absolute atomic E-state index is 0.279. The molecule has 0 saturated heterocycles. The number of hydrogen-bond donors (Lipinski definition) is 3. The van der Waals surface area contributed by atoms with Crippen LogP contribution in [0, 0.1) is 0 Å². The lowest BCUT2D eigenvalue weighted by Gasteiger charge is -2.15. The molecule has 0 heterocycles. The van der Waals surface area contributed by atoms with Gasteiger partial charge in [-0.3, -0.25) is 0 Å². The number of nitrogens with two attached hydrogens (primary N) is 1. The van der Waals surface area contributed by atoms with Gasteiger partial charge < -0.3 is 16.4 Å². The molecule has 1 atom stereocenters. The minimum atomic E-state index is 0.279. The summed E-state index contributed by atoms with van der Waals surface area (Å²) in [6, 6.07) is 0.279. The molecule has 0 rings (SSSR count). The molecule has 12 heavy (non-hydrogen) atoms. The van der Waals surface area contributed by atoms with E-state index in [1.807, 2.05) is 14.1 Å². The van der Waals surface area contributed by atoms with Crippen molar-refractivity contribution in [3.05, 3.63) is 12.3 Å². The molecule has 0 aromatic rings. The molecule has 0 aromatic heterocycles. The summed E-state index contributed by atoms with van der Waals surface area (Å²) in [6.07, 6.45) is 3.46. The van der Waals surface area contributed by atoms with E-state index in [9.17, 15) is 0 Å². The summed E-state index contributed by atoms with van der Waals surface area (Å²) in [5, 5.41) is 6.25. The van der Waals surface area contributed by atoms with Crippen molar-refractivity contribution in [2.24, 2.45) is 5.73 Å². The Hall–Kier alpha value is -0.540. The van der Waals surface area contributed by atoms with Gasteiger partial charge >= 0.3 is 0 Å². The van der Waals surface area contributed by atoms with E-state index in [0.717, 1.165) is 18.7 Å². The van der Waals surface area contributed by atoms with Gasteiger partial charge in [-0.1, -0.05) is 13.0 Å². The van der Waals surface area contributed by atoms with Crippen molar-refractivity contribution in [3.8, 4) is 0 Å². The third-order valence-corrected chi connectivity index (χ3v) is 1.97. The molecule has 0 spiro atoms. The van der Waals surface area contributed by atoms with Crippen molar-refractivity contribution in [3.63, 3.8) is 0 Å². The first-order valence-corrected chi connectivity index (χ1v) is 4.48. The molecule has 4 N–H and O–H groups in total. The lowest BCUT2D eigenvalue weighted by atomic mass is 10.1. The summed E-state index contributed by atoms with van der Waals surface area (Å²) >= 11 is 0. The van der Waals surface area contributed by atoms with Crippen LogP contribution in [0.25, 0.3) is 0 Å². The maximum Gasteiger partial charge on any atom is 0.0458 e. The Morgan fingerprint density at radius 3 is 2.50 bits per heavy atom. The second kappa shape index (κ2) is 7.13. The van der Waals surface area contributed by atoms with Crippen molar-refractivity contribution >= 4 is 0 Å². The van der Waals surface area contributed by atoms with E-state index < -0.39 is 0 Å². The van der Waals surface area contributed by atoms with Gasteiger partial charge in [-0.25, -0.2) is 0 Å². The molecule has 3 heteroatoms. The summed E-state index contributed by atoms with van der Waals surface area (Å²) in [5.74, 6) is 0. The van der Waals surface area contributed by atoms with Crippen LogP contribution in [-0.2, 0) is 0 Å². The Balaban J connectivity index is 3.38. The second-order valence-electron chi connectivity index (χ2n) is 3.02. The van der Waals surface area contributed by atoms with Gasteiger partial charge in [0.2, 0.25) is 0 Å². The van der Waals surface area contributed by atoms with Crippen molar-refractivity contribution in [2.45, 2.75) is 25.3 Å². The fraction of sp³-hybridized carbons (Fsp3) is 0.778. The SMILES string of the molecule is C=C(N)C(CCCCNC)NC. The predicted molar refractivity (Wildman–Crippen MR) is 54.0 cm³/mol. The van der Waals surface area contributed by atoms with Crippen molar-refractivity contribution < 1.29 is 0 Å². The van der Waals surface area contributed by atoms with E-state index in [4.69, 9.17) is 5.73 Å². The van der Waals surface area contributed by atoms with E-state index in [-0.39, 0.29) is 6.04 Å². The Bertz CT molecular complexity index is 123. The minimum Gasteiger partial charge on any atom is -0.401 e. The molecule has 0 fully saturated rings. The molecule has 0 radical (unpaired) electrons. The van der Waals surface area contributed by atoms with Crippen LogP contribution in [0.3, 0.4) is 0 Å². The molecule has 1 unspecified atom stereocenters. The zero-order valence-corrected chi connectivity index (χ0v) is 8.19. The number of hydrogen-bond acceptors (Lipinski definition) is 3. The third-order valence-electron chi connectivity index (χ3n) is 1.97. The summed E-state index contributed by atoms with van der Waals surface area (Å²) in [7, 11) is 3.89. The molecule has 0 bridgehead atoms. The summed E-state index contributed by atoms with van der Waals surface area (Å²) in [5.41, 5.74) is 6.33. The number of rotatable bonds is 7. The fourth-order valence-corrected chi connectivity index (χ4v) is 1.17. The van der Waals surface area contributed by atoms with Crippen LogP contribution in [0.1, 0.15) is 19.3 Å². The average molecular weight is 171 g/mol. The quantitative estimate of drug-likeness (QED) is 0.487. The summed E-state index contributed by atoms with van der Waals surface area (Å²) < 4.78 is 0. The van der Waals surface area contributed by atoms with E-state index in [1.165, 1.54) is 12.8 Å². The predicted octanol–water partition coefficient (Wildman–Crippen LogP) is 0.436. The second-order valence-corrected chi connectivity index (χ2v) is 3.02. The Labute approximate surface area is 75.4 Å². The van der Waals surface area contributed by atoms with Gasteiger partial charge in [0.05, 0.1) is 0 Å². The molecular formula is C9H21N3. The molecule has 0 aromatic carbocycles. The standard InChI is InChI=1S/C9H21N3/c1-8(10)9(12-3)6-4-5-7-11-2/h9,11-12H,1,4-7,10H2,2-3H3. The highest BCUT2D eigenvalue weighted by molar-refractivity contribution is 4.98. The van der Waals surface area contributed by atoms with Crippen molar-refractivity contribution in [1.29, 1.82) is 0 Å². The first-order chi connectivity index (χ1) is 5.72. The van der Waals surface area contributed by atoms with Crippen LogP contribution >= 0.6 is 0 Å². The highest BCUT2D eigenvalue weighted by Gasteiger charge is 2.05. The Morgan fingerprint density at radius 1 is 1.42 bits per heavy atom. The van der Waals surface area contributed by atoms with Gasteiger partial charge in [-0.2, -0.15) is 0 Å². The molecule has 72 valence electrons. The highest BCUT2D eigenvalue weighted by atomic mass is 14.9. The molecule has 3 nitrogen and oxygen atoms in total. The number of likely N-dealkylation sites (N-methyl/N-ethyl adjacent to an activating group) is 1. The lowest BCUT2D eigenvalue weighted by Crippen LogP contribution is -2.30. The topological polar surface area (TPSA) is 50.1 Å². The van der Waals surface area contributed by atoms with E-state index in [2.05, 4.69) is 17.2 Å². The van der Waals surface area contributed by atoms with Crippen LogP contribution < -0.4 is 16.4 Å². The van der Waals surface area contributed by atoms with Crippen LogP contribution in [0.2, 0.25) is 0 Å². The van der Waals surface area contributed by atoms with E-state index in [0.29, 0.717) is 0 Å². The fourth-order valence-electron chi connectivity index (χ4n) is 1.17. The first-order valence-electron chi connectivity index (χ1n) is 4.48. The van der Waals surface area contributed by atoms with Gasteiger partial charge in [0, 0.05) is 11.7 Å². The Morgan fingerprint density at radius 2 is 2.08 bits per heavy atom. The highest BCUT2D eigenvalue weighted by Crippen LogP contribution is 2.03. The van der Waals surface area contributed by atoms with Gasteiger partial charge in [-0.05, 0) is 33.5 Å².